The number of hydrogen-bond acceptors (Lipinski definition) is 5. The number of phenolic OH excluding ortho intramolecular Hbond substituents is 1. The van der Waals surface area contributed by atoms with Crippen LogP contribution in [0.25, 0.3) is 0 Å². The molecule has 2 N–H and O–H groups in total. The molecule has 2 aromatic rings. The number of phenols is 1. The second-order valence-electron chi connectivity index (χ2n) is 4.92. The molecule has 1 atom stereocenters. The second kappa shape index (κ2) is 7.11. The van der Waals surface area contributed by atoms with Gasteiger partial charge >= 0.3 is 0 Å². The van der Waals surface area contributed by atoms with E-state index >= 15 is 0 Å². The van der Waals surface area contributed by atoms with Crippen molar-refractivity contribution in [3.05, 3.63) is 51.5 Å². The monoisotopic (exact) mass is 410 g/mol. The predicted molar refractivity (Wildman–Crippen MR) is 92.9 cm³/mol. The molecule has 0 fully saturated rings. The number of hydrogen-bond donors (Lipinski definition) is 2. The molecule has 0 spiro atoms. The van der Waals surface area contributed by atoms with E-state index in [1.165, 1.54) is 12.3 Å². The third-order valence-corrected chi connectivity index (χ3v) is 4.06. The Balaban J connectivity index is 1.64. The molecule has 0 radical (unpaired) electrons. The first kappa shape index (κ1) is 16.6. The highest BCUT2D eigenvalue weighted by Crippen LogP contribution is 2.31. The Hall–Kier alpha value is -2.25. The van der Waals surface area contributed by atoms with E-state index in [4.69, 9.17) is 21.1 Å². The van der Waals surface area contributed by atoms with Crippen molar-refractivity contribution in [3.63, 3.8) is 0 Å². The molecular weight excluding hydrogens is 400 g/mol. The molecule has 1 aliphatic heterocycles. The van der Waals surface area contributed by atoms with Gasteiger partial charge in [-0.15, -0.1) is 0 Å². The maximum Gasteiger partial charge on any atom is 0.284 e. The summed E-state index contributed by atoms with van der Waals surface area (Å²) in [6.45, 7) is 0.0896. The summed E-state index contributed by atoms with van der Waals surface area (Å²) in [5.41, 5.74) is 2.72. The van der Waals surface area contributed by atoms with Crippen LogP contribution in [-0.2, 0) is 4.79 Å². The molecule has 0 saturated heterocycles. The van der Waals surface area contributed by atoms with E-state index < -0.39 is 12.0 Å². The molecule has 0 bridgehead atoms. The summed E-state index contributed by atoms with van der Waals surface area (Å²) in [7, 11) is 0. The van der Waals surface area contributed by atoms with Gasteiger partial charge in [-0.1, -0.05) is 23.7 Å². The Morgan fingerprint density at radius 1 is 1.38 bits per heavy atom. The molecular formula is C16H12BrClN2O4. The number of ether oxygens (including phenoxy) is 2. The number of amides is 1. The summed E-state index contributed by atoms with van der Waals surface area (Å²) >= 11 is 9.08. The van der Waals surface area contributed by atoms with Gasteiger partial charge in [0.05, 0.1) is 10.7 Å². The number of hydrazone groups is 1. The van der Waals surface area contributed by atoms with Crippen LogP contribution in [0.5, 0.6) is 17.2 Å². The topological polar surface area (TPSA) is 80.2 Å². The SMILES string of the molecule is O=C(N/N=C\c1cc(Cl)cc(Br)c1O)[C@@H]1COc2ccccc2O1. The average molecular weight is 412 g/mol. The lowest BCUT2D eigenvalue weighted by atomic mass is 10.2. The smallest absolute Gasteiger partial charge is 0.284 e. The number of nitrogens with zero attached hydrogens (tertiary/aromatic N) is 1. The normalized spacial score (nSPS) is 16.2. The highest BCUT2D eigenvalue weighted by atomic mass is 79.9. The highest BCUT2D eigenvalue weighted by molar-refractivity contribution is 9.10. The van der Waals surface area contributed by atoms with Crippen molar-refractivity contribution in [3.8, 4) is 17.2 Å². The molecule has 8 heteroatoms. The Kier molecular flexibility index (Phi) is 4.92. The lowest BCUT2D eigenvalue weighted by Crippen LogP contribution is -2.42. The van der Waals surface area contributed by atoms with Gasteiger partial charge in [0.25, 0.3) is 5.91 Å². The minimum atomic E-state index is -0.809. The number of benzene rings is 2. The van der Waals surface area contributed by atoms with E-state index in [1.54, 1.807) is 24.3 Å². The molecule has 6 nitrogen and oxygen atoms in total. The van der Waals surface area contributed by atoms with Crippen molar-refractivity contribution in [1.29, 1.82) is 0 Å². The Morgan fingerprint density at radius 2 is 2.12 bits per heavy atom. The van der Waals surface area contributed by atoms with Gasteiger partial charge in [-0.05, 0) is 40.2 Å². The molecule has 3 rings (SSSR count). The molecule has 0 unspecified atom stereocenters. The maximum absolute atomic E-state index is 12.1. The molecule has 0 aromatic heterocycles. The average Bonchev–Trinajstić information content (AvgIpc) is 2.58. The molecule has 0 aliphatic carbocycles. The predicted octanol–water partition coefficient (Wildman–Crippen LogP) is 3.10. The minimum absolute atomic E-state index is 0.0245. The van der Waals surface area contributed by atoms with Crippen molar-refractivity contribution >= 4 is 39.7 Å². The fraction of sp³-hybridized carbons (Fsp3) is 0.125. The lowest BCUT2D eigenvalue weighted by molar-refractivity contribution is -0.130. The van der Waals surface area contributed by atoms with Crippen molar-refractivity contribution in [2.24, 2.45) is 5.10 Å². The standard InChI is InChI=1S/C16H12BrClN2O4/c17-11-6-10(18)5-9(15(11)21)7-19-20-16(22)14-8-23-12-3-1-2-4-13(12)24-14/h1-7,14,21H,8H2,(H,20,22)/b19-7-/t14-/m0/s1. The van der Waals surface area contributed by atoms with Crippen LogP contribution >= 0.6 is 27.5 Å². The molecule has 1 amide bonds. The molecule has 1 aliphatic rings. The maximum atomic E-state index is 12.1. The first-order valence-electron chi connectivity index (χ1n) is 6.94. The van der Waals surface area contributed by atoms with Gasteiger partial charge < -0.3 is 14.6 Å². The Bertz CT molecular complexity index is 813. The van der Waals surface area contributed by atoms with Gasteiger partial charge in [-0.2, -0.15) is 5.10 Å². The summed E-state index contributed by atoms with van der Waals surface area (Å²) in [4.78, 5) is 12.1. The number of para-hydroxylation sites is 2. The largest absolute Gasteiger partial charge is 0.506 e. The summed E-state index contributed by atoms with van der Waals surface area (Å²) in [5.74, 6) is 0.618. The van der Waals surface area contributed by atoms with E-state index in [1.807, 2.05) is 6.07 Å². The summed E-state index contributed by atoms with van der Waals surface area (Å²) < 4.78 is 11.5. The zero-order valence-corrected chi connectivity index (χ0v) is 14.5. The quantitative estimate of drug-likeness (QED) is 0.601. The van der Waals surface area contributed by atoms with Gasteiger partial charge in [-0.3, -0.25) is 4.79 Å². The van der Waals surface area contributed by atoms with Gasteiger partial charge in [0, 0.05) is 10.6 Å². The number of fused-ring (bicyclic) bond motifs is 1. The fourth-order valence-electron chi connectivity index (χ4n) is 2.07. The second-order valence-corrected chi connectivity index (χ2v) is 6.21. The van der Waals surface area contributed by atoms with Gasteiger partial charge in [-0.25, -0.2) is 5.43 Å². The van der Waals surface area contributed by atoms with Crippen molar-refractivity contribution in [2.75, 3.05) is 6.61 Å². The van der Waals surface area contributed by atoms with Crippen LogP contribution < -0.4 is 14.9 Å². The molecule has 124 valence electrons. The highest BCUT2D eigenvalue weighted by Gasteiger charge is 2.27. The van der Waals surface area contributed by atoms with Crippen LogP contribution in [0.4, 0.5) is 0 Å². The van der Waals surface area contributed by atoms with Crippen LogP contribution in [0.2, 0.25) is 5.02 Å². The third-order valence-electron chi connectivity index (χ3n) is 3.24. The lowest BCUT2D eigenvalue weighted by Gasteiger charge is -2.24. The van der Waals surface area contributed by atoms with Crippen LogP contribution in [0.3, 0.4) is 0 Å². The number of carbonyl (C=O) groups is 1. The Labute approximate surface area is 151 Å². The van der Waals surface area contributed by atoms with Crippen LogP contribution in [0.15, 0.2) is 46.0 Å². The van der Waals surface area contributed by atoms with Crippen molar-refractivity contribution in [1.82, 2.24) is 5.43 Å². The van der Waals surface area contributed by atoms with Gasteiger partial charge in [0.1, 0.15) is 12.4 Å². The van der Waals surface area contributed by atoms with Gasteiger partial charge in [0.2, 0.25) is 6.10 Å². The van der Waals surface area contributed by atoms with Crippen LogP contribution in [0.1, 0.15) is 5.56 Å². The van der Waals surface area contributed by atoms with E-state index in [0.717, 1.165) is 0 Å². The summed E-state index contributed by atoms with van der Waals surface area (Å²) in [5, 5.41) is 14.1. The van der Waals surface area contributed by atoms with Gasteiger partial charge in [0.15, 0.2) is 11.5 Å². The fourth-order valence-corrected chi connectivity index (χ4v) is 2.90. The Morgan fingerprint density at radius 3 is 2.92 bits per heavy atom. The number of nitrogens with one attached hydrogen (secondary N) is 1. The zero-order valence-electron chi connectivity index (χ0n) is 12.2. The first-order valence-corrected chi connectivity index (χ1v) is 8.11. The molecule has 2 aromatic carbocycles. The van der Waals surface area contributed by atoms with E-state index in [0.29, 0.717) is 26.6 Å². The molecule has 0 saturated carbocycles. The summed E-state index contributed by atoms with van der Waals surface area (Å²) in [6, 6.07) is 10.2. The number of rotatable bonds is 3. The number of aromatic hydroxyl groups is 1. The molecule has 24 heavy (non-hydrogen) atoms. The number of carbonyl (C=O) groups excluding carboxylic acids is 1. The van der Waals surface area contributed by atoms with Crippen molar-refractivity contribution < 1.29 is 19.4 Å². The van der Waals surface area contributed by atoms with E-state index in [2.05, 4.69) is 26.5 Å². The molecule has 1 heterocycles. The zero-order chi connectivity index (χ0) is 17.1. The van der Waals surface area contributed by atoms with Crippen LogP contribution in [-0.4, -0.2) is 29.9 Å². The first-order chi connectivity index (χ1) is 11.5. The van der Waals surface area contributed by atoms with E-state index in [9.17, 15) is 9.90 Å². The minimum Gasteiger partial charge on any atom is -0.506 e. The summed E-state index contributed by atoms with van der Waals surface area (Å²) in [6.07, 6.45) is 0.485. The number of halogens is 2. The third kappa shape index (κ3) is 3.63. The van der Waals surface area contributed by atoms with E-state index in [-0.39, 0.29) is 12.4 Å². The van der Waals surface area contributed by atoms with Crippen LogP contribution in [0, 0.1) is 0 Å². The van der Waals surface area contributed by atoms with Crippen molar-refractivity contribution in [2.45, 2.75) is 6.10 Å².